The highest BCUT2D eigenvalue weighted by atomic mass is 35.5. The zero-order valence-electron chi connectivity index (χ0n) is 33.0. The van der Waals surface area contributed by atoms with Gasteiger partial charge in [-0.2, -0.15) is 0 Å². The Morgan fingerprint density at radius 2 is 1.52 bits per heavy atom. The van der Waals surface area contributed by atoms with E-state index >= 15 is 0 Å². The molecule has 21 heteroatoms. The average molecular weight is 919 g/mol. The predicted octanol–water partition coefficient (Wildman–Crippen LogP) is 3.75. The van der Waals surface area contributed by atoms with Crippen molar-refractivity contribution >= 4 is 52.9 Å². The van der Waals surface area contributed by atoms with Crippen molar-refractivity contribution < 1.29 is 68.8 Å². The van der Waals surface area contributed by atoms with Gasteiger partial charge in [0.15, 0.2) is 17.5 Å². The maximum absolute atomic E-state index is 14.5. The number of aromatic hydroxyl groups is 4. The smallest absolute Gasteiger partial charge is 0.333 e. The Balaban J connectivity index is 1.40. The Morgan fingerprint density at radius 1 is 0.781 bits per heavy atom. The summed E-state index contributed by atoms with van der Waals surface area (Å²) in [5.41, 5.74) is 11.6. The molecule has 332 valence electrons. The van der Waals surface area contributed by atoms with E-state index in [0.717, 1.165) is 25.3 Å². The Morgan fingerprint density at radius 3 is 2.20 bits per heavy atom. The third-order valence-corrected chi connectivity index (χ3v) is 11.0. The number of fused-ring (bicyclic) bond motifs is 8. The number of carbonyl (C=O) groups excluding carboxylic acids is 4. The van der Waals surface area contributed by atoms with Gasteiger partial charge in [-0.05, 0) is 83.3 Å². The molecule has 0 radical (unpaired) electrons. The summed E-state index contributed by atoms with van der Waals surface area (Å²) in [5, 5.41) is 72.6. The molecule has 0 aliphatic carbocycles. The Bertz CT molecular complexity index is 2750. The molecular weight excluding hydrogens is 881 g/mol. The van der Waals surface area contributed by atoms with Gasteiger partial charge in [-0.15, -0.1) is 0 Å². The Kier molecular flexibility index (Phi) is 12.5. The molecule has 3 aliphatic rings. The molecule has 0 spiro atoms. The van der Waals surface area contributed by atoms with Gasteiger partial charge in [0.1, 0.15) is 59.0 Å². The number of amides is 3. The first kappa shape index (κ1) is 44.8. The average Bonchev–Trinajstić information content (AvgIpc) is 3.25. The summed E-state index contributed by atoms with van der Waals surface area (Å²) < 4.78 is 16.9. The number of halogens is 2. The van der Waals surface area contributed by atoms with Crippen LogP contribution in [0.25, 0.3) is 11.1 Å². The Labute approximate surface area is 371 Å². The molecule has 0 aromatic heterocycles. The van der Waals surface area contributed by atoms with Crippen LogP contribution in [0.2, 0.25) is 10.0 Å². The first-order chi connectivity index (χ1) is 30.3. The number of nitrogens with one attached hydrogen (secondary N) is 3. The number of carboxylic acids is 1. The van der Waals surface area contributed by atoms with Crippen LogP contribution in [-0.2, 0) is 35.1 Å². The van der Waals surface area contributed by atoms with Gasteiger partial charge in [0, 0.05) is 22.8 Å². The number of esters is 1. The highest BCUT2D eigenvalue weighted by molar-refractivity contribution is 6.32. The molecule has 0 saturated carbocycles. The lowest BCUT2D eigenvalue weighted by atomic mass is 9.89. The van der Waals surface area contributed by atoms with Crippen molar-refractivity contribution in [2.24, 2.45) is 11.5 Å². The van der Waals surface area contributed by atoms with E-state index < -0.39 is 89.0 Å². The molecule has 8 rings (SSSR count). The SMILES string of the molecule is COC(=O)[C@H]1NC(=O)[C@H]2NC(=O)[C@H](NC(=O)[C@H](N)c3cc(Oc4ccc(C[C@@H](N)C(=O)O)cc4Cl)c(O)c(c3)Oc3ccc(cc3Cl)[C@H]2O)c2ccc(O)c(c2)-c2c(O)cc(O)cc21. The molecule has 0 unspecified atom stereocenters. The molecule has 8 bridgehead atoms. The molecule has 0 saturated heterocycles. The second kappa shape index (κ2) is 17.8. The lowest BCUT2D eigenvalue weighted by molar-refractivity contribution is -0.146. The molecule has 3 amide bonds. The van der Waals surface area contributed by atoms with Crippen molar-refractivity contribution in [1.82, 2.24) is 16.0 Å². The van der Waals surface area contributed by atoms with Crippen molar-refractivity contribution in [3.8, 4) is 57.1 Å². The largest absolute Gasteiger partial charge is 0.508 e. The zero-order chi connectivity index (χ0) is 46.3. The number of hydrogen-bond donors (Lipinski definition) is 11. The van der Waals surface area contributed by atoms with Crippen LogP contribution in [0.3, 0.4) is 0 Å². The number of phenols is 4. The molecule has 6 atom stereocenters. The molecule has 5 aromatic carbocycles. The van der Waals surface area contributed by atoms with Crippen LogP contribution in [0.4, 0.5) is 0 Å². The number of phenolic OH excluding ortho intramolecular Hbond substituents is 4. The van der Waals surface area contributed by atoms with E-state index in [1.807, 2.05) is 0 Å². The van der Waals surface area contributed by atoms with E-state index in [1.165, 1.54) is 60.7 Å². The second-order valence-corrected chi connectivity index (χ2v) is 15.5. The molecule has 5 aromatic rings. The van der Waals surface area contributed by atoms with Crippen LogP contribution in [0.1, 0.15) is 52.0 Å². The fourth-order valence-electron chi connectivity index (χ4n) is 7.16. The van der Waals surface area contributed by atoms with Gasteiger partial charge in [0.25, 0.3) is 0 Å². The lowest BCUT2D eigenvalue weighted by Crippen LogP contribution is -2.54. The molecule has 64 heavy (non-hydrogen) atoms. The van der Waals surface area contributed by atoms with Crippen LogP contribution in [0, 0.1) is 0 Å². The van der Waals surface area contributed by atoms with E-state index in [-0.39, 0.29) is 72.8 Å². The normalized spacial score (nSPS) is 20.0. The highest BCUT2D eigenvalue weighted by Crippen LogP contribution is 2.47. The van der Waals surface area contributed by atoms with Gasteiger partial charge in [-0.3, -0.25) is 19.2 Å². The quantitative estimate of drug-likeness (QED) is 0.108. The van der Waals surface area contributed by atoms with Crippen molar-refractivity contribution in [3.63, 3.8) is 0 Å². The number of benzene rings is 5. The topological polar surface area (TPSA) is 323 Å². The lowest BCUT2D eigenvalue weighted by Gasteiger charge is -2.30. The number of aliphatic carboxylic acids is 1. The summed E-state index contributed by atoms with van der Waals surface area (Å²) in [7, 11) is 1.000. The van der Waals surface area contributed by atoms with Gasteiger partial charge < -0.3 is 72.3 Å². The summed E-state index contributed by atoms with van der Waals surface area (Å²) >= 11 is 13.1. The number of methoxy groups -OCH3 is 1. The molecule has 13 N–H and O–H groups in total. The second-order valence-electron chi connectivity index (χ2n) is 14.7. The molecule has 19 nitrogen and oxygen atoms in total. The monoisotopic (exact) mass is 917 g/mol. The number of ether oxygens (including phenoxy) is 3. The first-order valence-electron chi connectivity index (χ1n) is 19.0. The minimum absolute atomic E-state index is 0.0154. The van der Waals surface area contributed by atoms with E-state index in [2.05, 4.69) is 16.0 Å². The van der Waals surface area contributed by atoms with Crippen LogP contribution < -0.4 is 36.9 Å². The maximum atomic E-state index is 14.5. The minimum Gasteiger partial charge on any atom is -0.508 e. The van der Waals surface area contributed by atoms with E-state index in [1.54, 1.807) is 0 Å². The van der Waals surface area contributed by atoms with Crippen molar-refractivity contribution in [1.29, 1.82) is 0 Å². The maximum Gasteiger partial charge on any atom is 0.333 e. The fraction of sp³-hybridized carbons (Fsp3) is 0.186. The zero-order valence-corrected chi connectivity index (χ0v) is 34.5. The van der Waals surface area contributed by atoms with Crippen LogP contribution >= 0.6 is 23.2 Å². The first-order valence-corrected chi connectivity index (χ1v) is 19.7. The number of carboxylic acid groups (broad SMARTS) is 1. The number of aliphatic hydroxyl groups excluding tert-OH is 1. The van der Waals surface area contributed by atoms with Crippen molar-refractivity contribution in [2.75, 3.05) is 7.11 Å². The van der Waals surface area contributed by atoms with Gasteiger partial charge in [0.05, 0.1) is 17.2 Å². The summed E-state index contributed by atoms with van der Waals surface area (Å²) in [6.07, 6.45) is -2.02. The number of rotatable bonds is 6. The molecule has 3 heterocycles. The van der Waals surface area contributed by atoms with E-state index in [9.17, 15) is 54.6 Å². The van der Waals surface area contributed by atoms with Crippen molar-refractivity contribution in [3.05, 3.63) is 117 Å². The van der Waals surface area contributed by atoms with Gasteiger partial charge in [0.2, 0.25) is 23.5 Å². The minimum atomic E-state index is -1.97. The number of aliphatic hydroxyl groups is 1. The van der Waals surface area contributed by atoms with Crippen molar-refractivity contribution in [2.45, 2.75) is 42.7 Å². The van der Waals surface area contributed by atoms with Crippen LogP contribution in [0.15, 0.2) is 78.9 Å². The van der Waals surface area contributed by atoms with Crippen LogP contribution in [0.5, 0.6) is 46.0 Å². The van der Waals surface area contributed by atoms with Gasteiger partial charge in [-0.25, -0.2) is 4.79 Å². The number of hydrogen-bond acceptors (Lipinski definition) is 15. The highest BCUT2D eigenvalue weighted by Gasteiger charge is 2.39. The van der Waals surface area contributed by atoms with E-state index in [4.69, 9.17) is 48.9 Å². The third-order valence-electron chi connectivity index (χ3n) is 10.4. The Hall–Kier alpha value is -7.29. The third kappa shape index (κ3) is 8.83. The fourth-order valence-corrected chi connectivity index (χ4v) is 7.63. The summed E-state index contributed by atoms with van der Waals surface area (Å²) in [6.45, 7) is 0. The van der Waals surface area contributed by atoms with Gasteiger partial charge in [-0.1, -0.05) is 41.4 Å². The van der Waals surface area contributed by atoms with Crippen LogP contribution in [-0.4, -0.2) is 79.5 Å². The number of carbonyl (C=O) groups is 5. The summed E-state index contributed by atoms with van der Waals surface area (Å²) in [4.78, 5) is 67.6. The summed E-state index contributed by atoms with van der Waals surface area (Å²) in [5.74, 6) is -8.95. The molecule has 0 fully saturated rings. The molecular formula is C43H37Cl2N5O14. The summed E-state index contributed by atoms with van der Waals surface area (Å²) in [6, 6.07) is 7.40. The number of nitrogens with two attached hydrogens (primary N) is 2. The van der Waals surface area contributed by atoms with Gasteiger partial charge >= 0.3 is 11.9 Å². The predicted molar refractivity (Wildman–Crippen MR) is 225 cm³/mol. The van der Waals surface area contributed by atoms with E-state index in [0.29, 0.717) is 5.56 Å². The molecule has 3 aliphatic heterocycles. The standard InChI is InChI=1S/C43H37Cl2N5O14/c1-62-43(61)35-22-14-20(51)15-27(53)32(22)21-10-17(3-5-26(21)52)34-40(57)50-36(41(58)49-35)37(54)18-4-7-29(24(45)11-18)64-31-13-19(33(47)39(56)48-34)12-30(38(31)55)63-28-6-2-16(8-23(28)44)9-25(46)42(59)60/h2-8,10-15,25,33-37,51-55H,9,46-47H2,1H3,(H,48,56)(H,49,58)(H,50,57)(H,59,60)/t25-,33-,34-,35+,36+,37-/m1/s1.